The highest BCUT2D eigenvalue weighted by Gasteiger charge is 2.10. The number of oxazole rings is 1. The van der Waals surface area contributed by atoms with Gasteiger partial charge in [-0.1, -0.05) is 13.8 Å². The molecule has 0 aromatic carbocycles. The van der Waals surface area contributed by atoms with Crippen LogP contribution in [-0.2, 0) is 6.54 Å². The number of aryl methyl sites for hydroxylation is 2. The molecule has 1 atom stereocenters. The highest BCUT2D eigenvalue weighted by molar-refractivity contribution is 5.79. The third kappa shape index (κ3) is 4.05. The normalized spacial score (nSPS) is 13.8. The smallest absolute Gasteiger partial charge is 0.214 e. The second-order valence-corrected chi connectivity index (χ2v) is 4.85. The van der Waals surface area contributed by atoms with Crippen LogP contribution in [0.15, 0.2) is 9.41 Å². The lowest BCUT2D eigenvalue weighted by Crippen LogP contribution is -2.43. The van der Waals surface area contributed by atoms with Crippen molar-refractivity contribution in [1.29, 1.82) is 0 Å². The van der Waals surface area contributed by atoms with Gasteiger partial charge in [-0.05, 0) is 26.7 Å². The van der Waals surface area contributed by atoms with Crippen LogP contribution in [-0.4, -0.2) is 24.0 Å². The van der Waals surface area contributed by atoms with Crippen LogP contribution in [0.25, 0.3) is 0 Å². The van der Waals surface area contributed by atoms with Crippen LogP contribution in [0.1, 0.15) is 38.1 Å². The maximum absolute atomic E-state index is 5.51. The Hall–Kier alpha value is -1.52. The number of aromatic nitrogens is 1. The SMILES string of the molecule is CN=C(NCc1nc(C)c(C)o1)NC(C)C(C)C. The average molecular weight is 252 g/mol. The van der Waals surface area contributed by atoms with E-state index < -0.39 is 0 Å². The standard InChI is InChI=1S/C13H24N4O/c1-8(2)9(3)17-13(14-6)15-7-12-16-10(4)11(5)18-12/h8-9H,7H2,1-6H3,(H2,14,15,17). The Bertz CT molecular complexity index is 390. The molecule has 1 unspecified atom stereocenters. The van der Waals surface area contributed by atoms with Gasteiger partial charge < -0.3 is 15.1 Å². The minimum absolute atomic E-state index is 0.365. The van der Waals surface area contributed by atoms with E-state index in [9.17, 15) is 0 Å². The minimum Gasteiger partial charge on any atom is -0.444 e. The van der Waals surface area contributed by atoms with E-state index in [-0.39, 0.29) is 0 Å². The zero-order valence-electron chi connectivity index (χ0n) is 12.2. The molecule has 0 aliphatic heterocycles. The number of aliphatic imine (C=N–C) groups is 1. The van der Waals surface area contributed by atoms with Crippen LogP contribution in [0.2, 0.25) is 0 Å². The largest absolute Gasteiger partial charge is 0.444 e. The van der Waals surface area contributed by atoms with Crippen LogP contribution >= 0.6 is 0 Å². The molecule has 102 valence electrons. The molecule has 5 heteroatoms. The first-order chi connectivity index (χ1) is 8.43. The molecule has 1 aromatic rings. The molecule has 0 radical (unpaired) electrons. The molecule has 0 aliphatic rings. The fraction of sp³-hybridized carbons (Fsp3) is 0.692. The first-order valence-corrected chi connectivity index (χ1v) is 6.34. The van der Waals surface area contributed by atoms with Crippen molar-refractivity contribution in [3.8, 4) is 0 Å². The molecule has 5 nitrogen and oxygen atoms in total. The molecular formula is C13H24N4O. The van der Waals surface area contributed by atoms with Crippen molar-refractivity contribution in [2.24, 2.45) is 10.9 Å². The fourth-order valence-electron chi connectivity index (χ4n) is 1.35. The summed E-state index contributed by atoms with van der Waals surface area (Å²) in [6.07, 6.45) is 0. The average Bonchev–Trinajstić information content (AvgIpc) is 2.63. The van der Waals surface area contributed by atoms with Gasteiger partial charge in [-0.25, -0.2) is 4.98 Å². The van der Waals surface area contributed by atoms with Gasteiger partial charge in [0.2, 0.25) is 5.89 Å². The van der Waals surface area contributed by atoms with Crippen LogP contribution in [0.4, 0.5) is 0 Å². The number of nitrogens with zero attached hydrogens (tertiary/aromatic N) is 2. The number of rotatable bonds is 4. The zero-order valence-corrected chi connectivity index (χ0v) is 12.2. The number of hydrogen-bond donors (Lipinski definition) is 2. The Labute approximate surface area is 109 Å². The van der Waals surface area contributed by atoms with Crippen LogP contribution in [0.5, 0.6) is 0 Å². The summed E-state index contributed by atoms with van der Waals surface area (Å²) in [5.74, 6) is 2.87. The van der Waals surface area contributed by atoms with E-state index in [4.69, 9.17) is 4.42 Å². The Morgan fingerprint density at radius 1 is 1.33 bits per heavy atom. The van der Waals surface area contributed by atoms with Crippen molar-refractivity contribution in [3.05, 3.63) is 17.3 Å². The summed E-state index contributed by atoms with van der Waals surface area (Å²) in [7, 11) is 1.76. The summed E-state index contributed by atoms with van der Waals surface area (Å²) in [4.78, 5) is 8.50. The molecule has 0 fully saturated rings. The van der Waals surface area contributed by atoms with Crippen molar-refractivity contribution >= 4 is 5.96 Å². The van der Waals surface area contributed by atoms with Gasteiger partial charge in [0, 0.05) is 13.1 Å². The monoisotopic (exact) mass is 252 g/mol. The number of hydrogen-bond acceptors (Lipinski definition) is 3. The van der Waals surface area contributed by atoms with Gasteiger partial charge in [0.25, 0.3) is 0 Å². The zero-order chi connectivity index (χ0) is 13.7. The summed E-state index contributed by atoms with van der Waals surface area (Å²) in [6, 6.07) is 0.365. The van der Waals surface area contributed by atoms with E-state index in [1.54, 1.807) is 7.05 Å². The molecule has 0 spiro atoms. The van der Waals surface area contributed by atoms with E-state index in [2.05, 4.69) is 41.4 Å². The predicted octanol–water partition coefficient (Wildman–Crippen LogP) is 2.00. The number of guanidine groups is 1. The Morgan fingerprint density at radius 3 is 2.44 bits per heavy atom. The van der Waals surface area contributed by atoms with Crippen molar-refractivity contribution in [3.63, 3.8) is 0 Å². The van der Waals surface area contributed by atoms with Gasteiger partial charge in [0.05, 0.1) is 12.2 Å². The Balaban J connectivity index is 2.50. The molecule has 2 N–H and O–H groups in total. The quantitative estimate of drug-likeness (QED) is 0.635. The lowest BCUT2D eigenvalue weighted by Gasteiger charge is -2.20. The Morgan fingerprint density at radius 2 is 2.00 bits per heavy atom. The summed E-state index contributed by atoms with van der Waals surface area (Å²) in [5, 5.41) is 6.52. The van der Waals surface area contributed by atoms with E-state index in [0.717, 1.165) is 17.4 Å². The van der Waals surface area contributed by atoms with E-state index in [0.29, 0.717) is 24.4 Å². The van der Waals surface area contributed by atoms with E-state index in [1.165, 1.54) is 0 Å². The maximum atomic E-state index is 5.51. The second-order valence-electron chi connectivity index (χ2n) is 4.85. The highest BCUT2D eigenvalue weighted by atomic mass is 16.4. The van der Waals surface area contributed by atoms with Gasteiger partial charge in [-0.15, -0.1) is 0 Å². The molecule has 1 rings (SSSR count). The van der Waals surface area contributed by atoms with Crippen molar-refractivity contribution in [1.82, 2.24) is 15.6 Å². The maximum Gasteiger partial charge on any atom is 0.214 e. The fourth-order valence-corrected chi connectivity index (χ4v) is 1.35. The summed E-state index contributed by atoms with van der Waals surface area (Å²) in [5.41, 5.74) is 0.935. The van der Waals surface area contributed by atoms with Crippen LogP contribution in [0, 0.1) is 19.8 Å². The van der Waals surface area contributed by atoms with E-state index in [1.807, 2.05) is 13.8 Å². The van der Waals surface area contributed by atoms with E-state index >= 15 is 0 Å². The summed E-state index contributed by atoms with van der Waals surface area (Å²) >= 11 is 0. The van der Waals surface area contributed by atoms with Gasteiger partial charge in [0.1, 0.15) is 5.76 Å². The van der Waals surface area contributed by atoms with Crippen molar-refractivity contribution < 1.29 is 4.42 Å². The van der Waals surface area contributed by atoms with Crippen LogP contribution in [0.3, 0.4) is 0 Å². The molecule has 0 saturated heterocycles. The molecule has 0 amide bonds. The highest BCUT2D eigenvalue weighted by Crippen LogP contribution is 2.07. The molecule has 18 heavy (non-hydrogen) atoms. The van der Waals surface area contributed by atoms with Gasteiger partial charge in [0.15, 0.2) is 5.96 Å². The van der Waals surface area contributed by atoms with Gasteiger partial charge in [-0.2, -0.15) is 0 Å². The molecule has 0 saturated carbocycles. The van der Waals surface area contributed by atoms with Crippen molar-refractivity contribution in [2.75, 3.05) is 7.05 Å². The molecule has 1 aromatic heterocycles. The minimum atomic E-state index is 0.365. The Kier molecular flexibility index (Phi) is 5.19. The predicted molar refractivity (Wildman–Crippen MR) is 73.6 cm³/mol. The van der Waals surface area contributed by atoms with Gasteiger partial charge >= 0.3 is 0 Å². The summed E-state index contributed by atoms with van der Waals surface area (Å²) < 4.78 is 5.51. The second kappa shape index (κ2) is 6.42. The third-order valence-electron chi connectivity index (χ3n) is 3.07. The first kappa shape index (κ1) is 14.5. The van der Waals surface area contributed by atoms with Crippen molar-refractivity contribution in [2.45, 2.75) is 47.2 Å². The lowest BCUT2D eigenvalue weighted by molar-refractivity contribution is 0.455. The topological polar surface area (TPSA) is 62.5 Å². The molecule has 0 bridgehead atoms. The first-order valence-electron chi connectivity index (χ1n) is 6.34. The third-order valence-corrected chi connectivity index (χ3v) is 3.07. The number of nitrogens with one attached hydrogen (secondary N) is 2. The van der Waals surface area contributed by atoms with Gasteiger partial charge in [-0.3, -0.25) is 4.99 Å². The van der Waals surface area contributed by atoms with Crippen LogP contribution < -0.4 is 10.6 Å². The molecular weight excluding hydrogens is 228 g/mol. The molecule has 1 heterocycles. The molecule has 0 aliphatic carbocycles. The lowest BCUT2D eigenvalue weighted by atomic mass is 10.1. The summed E-state index contributed by atoms with van der Waals surface area (Å²) in [6.45, 7) is 10.9.